The highest BCUT2D eigenvalue weighted by molar-refractivity contribution is 6.31. The number of amides is 2. The molecule has 0 atom stereocenters. The van der Waals surface area contributed by atoms with Gasteiger partial charge in [-0.25, -0.2) is 4.79 Å². The molecule has 1 aromatic carbocycles. The lowest BCUT2D eigenvalue weighted by Crippen LogP contribution is -2.29. The van der Waals surface area contributed by atoms with Crippen molar-refractivity contribution < 1.29 is 14.7 Å². The monoisotopic (exact) mass is 284 g/mol. The fourth-order valence-corrected chi connectivity index (χ4v) is 1.67. The van der Waals surface area contributed by atoms with Crippen molar-refractivity contribution in [3.63, 3.8) is 0 Å². The van der Waals surface area contributed by atoms with Crippen molar-refractivity contribution in [3.8, 4) is 0 Å². The second-order valence-corrected chi connectivity index (χ2v) is 4.63. The van der Waals surface area contributed by atoms with Crippen LogP contribution >= 0.6 is 11.6 Å². The van der Waals surface area contributed by atoms with Gasteiger partial charge in [0.15, 0.2) is 0 Å². The van der Waals surface area contributed by atoms with E-state index in [-0.39, 0.29) is 12.5 Å². The number of carboxylic acid groups (broad SMARTS) is 1. The van der Waals surface area contributed by atoms with E-state index < -0.39 is 5.97 Å². The van der Waals surface area contributed by atoms with Gasteiger partial charge < -0.3 is 15.7 Å². The Labute approximate surface area is 117 Å². The van der Waals surface area contributed by atoms with E-state index in [9.17, 15) is 9.59 Å². The summed E-state index contributed by atoms with van der Waals surface area (Å²) in [5.41, 5.74) is 1.58. The summed E-state index contributed by atoms with van der Waals surface area (Å²) in [4.78, 5) is 21.9. The zero-order valence-electron chi connectivity index (χ0n) is 10.7. The zero-order chi connectivity index (χ0) is 14.3. The minimum Gasteiger partial charge on any atom is -0.481 e. The first kappa shape index (κ1) is 15.3. The molecule has 0 bridgehead atoms. The van der Waals surface area contributed by atoms with Crippen molar-refractivity contribution in [1.29, 1.82) is 0 Å². The number of hydrogen-bond donors (Lipinski definition) is 3. The summed E-state index contributed by atoms with van der Waals surface area (Å²) in [5.74, 6) is -0.820. The van der Waals surface area contributed by atoms with Gasteiger partial charge >= 0.3 is 12.0 Å². The maximum atomic E-state index is 11.6. The molecule has 0 aromatic heterocycles. The summed E-state index contributed by atoms with van der Waals surface area (Å²) < 4.78 is 0. The lowest BCUT2D eigenvalue weighted by atomic mass is 10.2. The third-order valence-corrected chi connectivity index (χ3v) is 2.79. The third kappa shape index (κ3) is 6.10. The van der Waals surface area contributed by atoms with Crippen molar-refractivity contribution in [2.45, 2.75) is 26.2 Å². The van der Waals surface area contributed by atoms with Gasteiger partial charge in [0, 0.05) is 23.7 Å². The van der Waals surface area contributed by atoms with Crippen LogP contribution in [0.3, 0.4) is 0 Å². The topological polar surface area (TPSA) is 78.4 Å². The van der Waals surface area contributed by atoms with E-state index in [2.05, 4.69) is 10.6 Å². The number of urea groups is 1. The van der Waals surface area contributed by atoms with Gasteiger partial charge in [-0.2, -0.15) is 0 Å². The number of carbonyl (C=O) groups excluding carboxylic acids is 1. The summed E-state index contributed by atoms with van der Waals surface area (Å²) in [6.45, 7) is 2.32. The van der Waals surface area contributed by atoms with E-state index in [1.54, 1.807) is 12.1 Å². The number of anilines is 1. The number of aryl methyl sites for hydroxylation is 1. The fraction of sp³-hybridized carbons (Fsp3) is 0.385. The van der Waals surface area contributed by atoms with E-state index in [1.165, 1.54) is 0 Å². The minimum atomic E-state index is -0.820. The second-order valence-electron chi connectivity index (χ2n) is 4.19. The van der Waals surface area contributed by atoms with Crippen LogP contribution in [-0.4, -0.2) is 23.7 Å². The quantitative estimate of drug-likeness (QED) is 0.703. The Morgan fingerprint density at radius 2 is 2.05 bits per heavy atom. The van der Waals surface area contributed by atoms with Crippen LogP contribution in [0.25, 0.3) is 0 Å². The van der Waals surface area contributed by atoms with Crippen LogP contribution in [0.5, 0.6) is 0 Å². The van der Waals surface area contributed by atoms with Crippen molar-refractivity contribution in [2.75, 3.05) is 11.9 Å². The summed E-state index contributed by atoms with van der Waals surface area (Å²) in [7, 11) is 0. The van der Waals surface area contributed by atoms with Gasteiger partial charge in [0.1, 0.15) is 0 Å². The van der Waals surface area contributed by atoms with E-state index >= 15 is 0 Å². The molecule has 2 amide bonds. The molecule has 0 fully saturated rings. The lowest BCUT2D eigenvalue weighted by molar-refractivity contribution is -0.137. The first-order chi connectivity index (χ1) is 8.99. The van der Waals surface area contributed by atoms with E-state index in [1.807, 2.05) is 13.0 Å². The van der Waals surface area contributed by atoms with Crippen LogP contribution in [0.1, 0.15) is 24.8 Å². The number of rotatable bonds is 6. The Morgan fingerprint density at radius 3 is 2.74 bits per heavy atom. The van der Waals surface area contributed by atoms with Gasteiger partial charge in [0.25, 0.3) is 0 Å². The van der Waals surface area contributed by atoms with Crippen LogP contribution in [0, 0.1) is 6.92 Å². The molecule has 0 spiro atoms. The number of carbonyl (C=O) groups is 2. The fourth-order valence-electron chi connectivity index (χ4n) is 1.50. The molecule has 104 valence electrons. The van der Waals surface area contributed by atoms with Crippen LogP contribution in [-0.2, 0) is 4.79 Å². The Morgan fingerprint density at radius 1 is 1.32 bits per heavy atom. The normalized spacial score (nSPS) is 10.0. The average molecular weight is 285 g/mol. The predicted molar refractivity (Wildman–Crippen MR) is 74.7 cm³/mol. The van der Waals surface area contributed by atoms with Crippen molar-refractivity contribution in [3.05, 3.63) is 28.8 Å². The summed E-state index contributed by atoms with van der Waals surface area (Å²) in [6, 6.07) is 4.94. The van der Waals surface area contributed by atoms with Gasteiger partial charge in [-0.1, -0.05) is 17.7 Å². The molecule has 0 aliphatic heterocycles. The van der Waals surface area contributed by atoms with Gasteiger partial charge in [0.05, 0.1) is 0 Å². The predicted octanol–water partition coefficient (Wildman–Crippen LogP) is 3.02. The van der Waals surface area contributed by atoms with Gasteiger partial charge in [-0.3, -0.25) is 4.79 Å². The van der Waals surface area contributed by atoms with Gasteiger partial charge in [0.2, 0.25) is 0 Å². The molecule has 0 radical (unpaired) electrons. The zero-order valence-corrected chi connectivity index (χ0v) is 11.5. The maximum absolute atomic E-state index is 11.6. The molecule has 0 saturated heterocycles. The van der Waals surface area contributed by atoms with Crippen molar-refractivity contribution in [2.24, 2.45) is 0 Å². The molecule has 3 N–H and O–H groups in total. The largest absolute Gasteiger partial charge is 0.481 e. The molecule has 0 saturated carbocycles. The minimum absolute atomic E-state index is 0.122. The number of carboxylic acids is 1. The Bertz CT molecular complexity index is 463. The van der Waals surface area contributed by atoms with Crippen LogP contribution in [0.4, 0.5) is 10.5 Å². The first-order valence-corrected chi connectivity index (χ1v) is 6.39. The summed E-state index contributed by atoms with van der Waals surface area (Å²) in [5, 5.41) is 14.4. The molecule has 0 unspecified atom stereocenters. The molecule has 0 heterocycles. The number of unbranched alkanes of at least 4 members (excludes halogenated alkanes) is 1. The molecule has 0 aliphatic rings. The van der Waals surface area contributed by atoms with Gasteiger partial charge in [-0.15, -0.1) is 0 Å². The Hall–Kier alpha value is -1.75. The van der Waals surface area contributed by atoms with Crippen LogP contribution < -0.4 is 10.6 Å². The molecule has 5 nitrogen and oxygen atoms in total. The Balaban J connectivity index is 2.31. The molecule has 1 aromatic rings. The molecule has 1 rings (SSSR count). The third-order valence-electron chi connectivity index (χ3n) is 2.55. The van der Waals surface area contributed by atoms with Crippen molar-refractivity contribution >= 4 is 29.3 Å². The average Bonchev–Trinajstić information content (AvgIpc) is 2.33. The van der Waals surface area contributed by atoms with Crippen molar-refractivity contribution in [1.82, 2.24) is 5.32 Å². The molecule has 0 aliphatic carbocycles. The smallest absolute Gasteiger partial charge is 0.319 e. The number of hydrogen-bond acceptors (Lipinski definition) is 2. The number of nitrogens with one attached hydrogen (secondary N) is 2. The highest BCUT2D eigenvalue weighted by Gasteiger charge is 2.04. The lowest BCUT2D eigenvalue weighted by Gasteiger charge is -2.10. The molecular formula is C13H17ClN2O3. The maximum Gasteiger partial charge on any atom is 0.319 e. The van der Waals surface area contributed by atoms with Crippen LogP contribution in [0.2, 0.25) is 5.02 Å². The summed E-state index contributed by atoms with van der Waals surface area (Å²) in [6.07, 6.45) is 1.30. The highest BCUT2D eigenvalue weighted by atomic mass is 35.5. The number of halogens is 1. The van der Waals surface area contributed by atoms with E-state index in [0.717, 1.165) is 5.56 Å². The van der Waals surface area contributed by atoms with E-state index in [0.29, 0.717) is 30.1 Å². The van der Waals surface area contributed by atoms with Gasteiger partial charge in [-0.05, 0) is 37.5 Å². The van der Waals surface area contributed by atoms with Crippen LogP contribution in [0.15, 0.2) is 18.2 Å². The highest BCUT2D eigenvalue weighted by Crippen LogP contribution is 2.19. The number of benzene rings is 1. The number of aliphatic carboxylic acids is 1. The molecule has 19 heavy (non-hydrogen) atoms. The first-order valence-electron chi connectivity index (χ1n) is 6.02. The van der Waals surface area contributed by atoms with E-state index in [4.69, 9.17) is 16.7 Å². The summed E-state index contributed by atoms with van der Waals surface area (Å²) >= 11 is 5.85. The Kier molecular flexibility index (Phi) is 6.15. The molecule has 6 heteroatoms. The SMILES string of the molecule is Cc1ccc(Cl)cc1NC(=O)NCCCCC(=O)O. The standard InChI is InChI=1S/C13H17ClN2O3/c1-9-5-6-10(14)8-11(9)16-13(19)15-7-3-2-4-12(17)18/h5-6,8H,2-4,7H2,1H3,(H,17,18)(H2,15,16,19). The molecular weight excluding hydrogens is 268 g/mol. The second kappa shape index (κ2) is 7.63.